The van der Waals surface area contributed by atoms with Gasteiger partial charge in [-0.3, -0.25) is 14.9 Å². The highest BCUT2D eigenvalue weighted by atomic mass is 19.4. The molecule has 0 saturated carbocycles. The molecule has 2 aromatic rings. The molecule has 2 aromatic carbocycles. The number of rotatable bonds is 11. The first-order valence-corrected chi connectivity index (χ1v) is 14.0. The van der Waals surface area contributed by atoms with Gasteiger partial charge in [0, 0.05) is 64.1 Å². The lowest BCUT2D eigenvalue weighted by Crippen LogP contribution is -2.44. The minimum atomic E-state index is -4.34. The van der Waals surface area contributed by atoms with Crippen molar-refractivity contribution in [3.05, 3.63) is 63.7 Å². The number of likely N-dealkylation sites (tertiary alicyclic amines) is 2. The molecule has 0 unspecified atom stereocenters. The largest absolute Gasteiger partial charge is 0.490 e. The van der Waals surface area contributed by atoms with Gasteiger partial charge in [-0.1, -0.05) is 12.1 Å². The summed E-state index contributed by atoms with van der Waals surface area (Å²) in [7, 11) is 0. The van der Waals surface area contributed by atoms with Crippen molar-refractivity contribution in [3.63, 3.8) is 0 Å². The third kappa shape index (κ3) is 8.80. The fourth-order valence-electron chi connectivity index (χ4n) is 5.12. The number of nitro groups is 1. The molecular formula is C29H36F3N3O6. The van der Waals surface area contributed by atoms with Gasteiger partial charge in [0.05, 0.1) is 29.8 Å². The molecule has 0 aliphatic carbocycles. The zero-order chi connectivity index (χ0) is 29.4. The third-order valence-electron chi connectivity index (χ3n) is 7.47. The van der Waals surface area contributed by atoms with Gasteiger partial charge in [0.1, 0.15) is 11.9 Å². The predicted molar refractivity (Wildman–Crippen MR) is 145 cm³/mol. The maximum Gasteiger partial charge on any atom is 0.416 e. The first-order valence-electron chi connectivity index (χ1n) is 14.0. The van der Waals surface area contributed by atoms with Crippen molar-refractivity contribution in [3.8, 4) is 11.5 Å². The molecule has 12 heteroatoms. The van der Waals surface area contributed by atoms with Crippen molar-refractivity contribution in [1.82, 2.24) is 9.80 Å². The molecular weight excluding hydrogens is 543 g/mol. The monoisotopic (exact) mass is 579 g/mol. The summed E-state index contributed by atoms with van der Waals surface area (Å²) >= 11 is 0. The SMILES string of the molecule is CCOc1cc(OC2CCN(C(=O)CCN3CCC(OCc4ccc(C(F)(F)F)cc4)CC3)CC2)ccc1[N+](=O)[O-]. The van der Waals surface area contributed by atoms with Crippen molar-refractivity contribution >= 4 is 11.6 Å². The Hall–Kier alpha value is -3.38. The summed E-state index contributed by atoms with van der Waals surface area (Å²) in [6.07, 6.45) is -0.980. The van der Waals surface area contributed by atoms with Gasteiger partial charge in [-0.15, -0.1) is 0 Å². The highest BCUT2D eigenvalue weighted by molar-refractivity contribution is 5.76. The van der Waals surface area contributed by atoms with Crippen LogP contribution in [0.1, 0.15) is 50.2 Å². The van der Waals surface area contributed by atoms with E-state index in [0.717, 1.165) is 38.1 Å². The fraction of sp³-hybridized carbons (Fsp3) is 0.552. The maximum absolute atomic E-state index is 12.8. The van der Waals surface area contributed by atoms with E-state index in [1.807, 2.05) is 4.90 Å². The highest BCUT2D eigenvalue weighted by Crippen LogP contribution is 2.33. The number of carbonyl (C=O) groups is 1. The van der Waals surface area contributed by atoms with Crippen molar-refractivity contribution in [2.75, 3.05) is 39.3 Å². The summed E-state index contributed by atoms with van der Waals surface area (Å²) in [5, 5.41) is 11.2. The van der Waals surface area contributed by atoms with Crippen LogP contribution < -0.4 is 9.47 Å². The molecule has 0 radical (unpaired) electrons. The molecule has 0 N–H and O–H groups in total. The number of halogens is 3. The van der Waals surface area contributed by atoms with E-state index in [9.17, 15) is 28.1 Å². The summed E-state index contributed by atoms with van der Waals surface area (Å²) < 4.78 is 55.5. The van der Waals surface area contributed by atoms with Crippen molar-refractivity contribution in [2.45, 2.75) is 64.0 Å². The lowest BCUT2D eigenvalue weighted by atomic mass is 10.1. The van der Waals surface area contributed by atoms with Crippen LogP contribution in [0, 0.1) is 10.1 Å². The lowest BCUT2D eigenvalue weighted by molar-refractivity contribution is -0.385. The molecule has 0 bridgehead atoms. The Bertz CT molecular complexity index is 1160. The van der Waals surface area contributed by atoms with Gasteiger partial charge in [-0.25, -0.2) is 0 Å². The molecule has 0 aromatic heterocycles. The molecule has 2 heterocycles. The third-order valence-corrected chi connectivity index (χ3v) is 7.47. The molecule has 2 aliphatic heterocycles. The minimum absolute atomic E-state index is 0.0450. The Balaban J connectivity index is 1.12. The quantitative estimate of drug-likeness (QED) is 0.258. The molecule has 1 amide bonds. The maximum atomic E-state index is 12.8. The number of piperidine rings is 2. The molecule has 2 fully saturated rings. The van der Waals surface area contributed by atoms with E-state index in [1.54, 1.807) is 19.1 Å². The van der Waals surface area contributed by atoms with Crippen molar-refractivity contribution < 1.29 is 37.1 Å². The highest BCUT2D eigenvalue weighted by Gasteiger charge is 2.30. The van der Waals surface area contributed by atoms with Crippen LogP contribution in [0.4, 0.5) is 18.9 Å². The molecule has 9 nitrogen and oxygen atoms in total. The van der Waals surface area contributed by atoms with E-state index >= 15 is 0 Å². The molecule has 0 spiro atoms. The van der Waals surface area contributed by atoms with E-state index in [0.29, 0.717) is 56.8 Å². The molecule has 41 heavy (non-hydrogen) atoms. The van der Waals surface area contributed by atoms with Crippen molar-refractivity contribution in [1.29, 1.82) is 0 Å². The van der Waals surface area contributed by atoms with E-state index in [-0.39, 0.29) is 36.2 Å². The van der Waals surface area contributed by atoms with Crippen LogP contribution in [0.2, 0.25) is 0 Å². The minimum Gasteiger partial charge on any atom is -0.490 e. The number of nitrogens with zero attached hydrogens (tertiary/aromatic N) is 3. The molecule has 2 aliphatic rings. The fourth-order valence-corrected chi connectivity index (χ4v) is 5.12. The second-order valence-electron chi connectivity index (χ2n) is 10.3. The standard InChI is InChI=1S/C29H36F3N3O6/c1-2-39-27-19-25(7-8-26(27)35(37)38)41-24-11-17-34(18-12-24)28(36)13-16-33-14-9-23(10-15-33)40-20-21-3-5-22(6-4-21)29(30,31)32/h3-8,19,23-24H,2,9-18,20H2,1H3. The van der Waals surface area contributed by atoms with Crippen LogP contribution in [-0.4, -0.2) is 72.2 Å². The lowest BCUT2D eigenvalue weighted by Gasteiger charge is -2.34. The summed E-state index contributed by atoms with van der Waals surface area (Å²) in [4.78, 5) is 27.6. The first-order chi connectivity index (χ1) is 19.6. The number of benzene rings is 2. The number of alkyl halides is 3. The Labute approximate surface area is 237 Å². The number of hydrogen-bond acceptors (Lipinski definition) is 7. The van der Waals surface area contributed by atoms with E-state index in [4.69, 9.17) is 14.2 Å². The average molecular weight is 580 g/mol. The number of amides is 1. The van der Waals surface area contributed by atoms with Gasteiger partial charge in [-0.05, 0) is 43.5 Å². The summed E-state index contributed by atoms with van der Waals surface area (Å²) in [6, 6.07) is 9.55. The second kappa shape index (κ2) is 14.0. The van der Waals surface area contributed by atoms with Gasteiger partial charge in [-0.2, -0.15) is 13.2 Å². The van der Waals surface area contributed by atoms with Crippen LogP contribution >= 0.6 is 0 Å². The van der Waals surface area contributed by atoms with Crippen LogP contribution in [0.25, 0.3) is 0 Å². The van der Waals surface area contributed by atoms with Gasteiger partial charge >= 0.3 is 11.9 Å². The molecule has 0 atom stereocenters. The summed E-state index contributed by atoms with van der Waals surface area (Å²) in [6.45, 7) is 5.81. The summed E-state index contributed by atoms with van der Waals surface area (Å²) in [5.74, 6) is 0.797. The Morgan fingerprint density at radius 2 is 1.66 bits per heavy atom. The zero-order valence-electron chi connectivity index (χ0n) is 23.1. The van der Waals surface area contributed by atoms with Crippen LogP contribution in [0.5, 0.6) is 11.5 Å². The number of ether oxygens (including phenoxy) is 3. The first kappa shape index (κ1) is 30.6. The van der Waals surface area contributed by atoms with Crippen LogP contribution in [-0.2, 0) is 22.3 Å². The van der Waals surface area contributed by atoms with Gasteiger partial charge < -0.3 is 24.0 Å². The Morgan fingerprint density at radius 3 is 2.27 bits per heavy atom. The normalized spacial score (nSPS) is 17.4. The average Bonchev–Trinajstić information content (AvgIpc) is 2.96. The second-order valence-corrected chi connectivity index (χ2v) is 10.3. The van der Waals surface area contributed by atoms with E-state index < -0.39 is 16.7 Å². The van der Waals surface area contributed by atoms with Crippen molar-refractivity contribution in [2.24, 2.45) is 0 Å². The number of hydrogen-bond donors (Lipinski definition) is 0. The van der Waals surface area contributed by atoms with E-state index in [1.165, 1.54) is 18.2 Å². The van der Waals surface area contributed by atoms with Gasteiger partial charge in [0.2, 0.25) is 11.7 Å². The predicted octanol–water partition coefficient (Wildman–Crippen LogP) is 5.45. The van der Waals surface area contributed by atoms with Crippen LogP contribution in [0.15, 0.2) is 42.5 Å². The Kier molecular flexibility index (Phi) is 10.4. The summed E-state index contributed by atoms with van der Waals surface area (Å²) in [5.41, 5.74) is -0.0572. The van der Waals surface area contributed by atoms with Crippen LogP contribution in [0.3, 0.4) is 0 Å². The van der Waals surface area contributed by atoms with E-state index in [2.05, 4.69) is 4.90 Å². The number of carbonyl (C=O) groups excluding carboxylic acids is 1. The molecule has 4 rings (SSSR count). The Morgan fingerprint density at radius 1 is 1.00 bits per heavy atom. The zero-order valence-corrected chi connectivity index (χ0v) is 23.1. The number of nitro benzene ring substituents is 1. The molecule has 2 saturated heterocycles. The molecule has 224 valence electrons. The van der Waals surface area contributed by atoms with Gasteiger partial charge in [0.15, 0.2) is 0 Å². The smallest absolute Gasteiger partial charge is 0.416 e. The topological polar surface area (TPSA) is 94.4 Å². The van der Waals surface area contributed by atoms with Gasteiger partial charge in [0.25, 0.3) is 0 Å².